The third-order valence-corrected chi connectivity index (χ3v) is 9.30. The first-order valence-corrected chi connectivity index (χ1v) is 20.5. The molecule has 4 aromatic rings. The molecule has 4 nitrogen and oxygen atoms in total. The second kappa shape index (κ2) is 15.5. The molecule has 5 rings (SSSR count). The SMILES string of the molecule is CC(C)Oc1ccc(C[n+]2ccccc2)cc1[CH]=[Ru]([Cl])[Cl].Cc1cc(C)c(N2[CH-]N(c3c(C)cc(C)cc3C)CC2)c(C)c1. The molecule has 236 valence electrons. The first-order valence-electron chi connectivity index (χ1n) is 15.0. The number of halogens is 2. The summed E-state index contributed by atoms with van der Waals surface area (Å²) >= 11 is -1.88. The summed E-state index contributed by atoms with van der Waals surface area (Å²) in [6, 6.07) is 21.3. The number of aromatic nitrogens is 1. The van der Waals surface area contributed by atoms with Crippen molar-refractivity contribution >= 4 is 35.4 Å². The van der Waals surface area contributed by atoms with Gasteiger partial charge >= 0.3 is 139 Å². The van der Waals surface area contributed by atoms with E-state index < -0.39 is 13.5 Å². The molecule has 2 heterocycles. The largest absolute Gasteiger partial charge is 0.502 e. The minimum absolute atomic E-state index is 0.123. The summed E-state index contributed by atoms with van der Waals surface area (Å²) in [5, 5.41) is 0. The molecule has 1 saturated heterocycles. The molecule has 0 radical (unpaired) electrons. The molecular weight excluding hydrogens is 674 g/mol. The summed E-state index contributed by atoms with van der Waals surface area (Å²) in [5.74, 6) is 0.840. The van der Waals surface area contributed by atoms with E-state index in [1.165, 1.54) is 50.3 Å². The van der Waals surface area contributed by atoms with E-state index in [4.69, 9.17) is 24.1 Å². The van der Waals surface area contributed by atoms with Gasteiger partial charge in [0.1, 0.15) is 0 Å². The molecule has 0 N–H and O–H groups in total. The third-order valence-electron chi connectivity index (χ3n) is 7.47. The van der Waals surface area contributed by atoms with Gasteiger partial charge in [0.25, 0.3) is 0 Å². The minimum atomic E-state index is -1.88. The van der Waals surface area contributed by atoms with Crippen molar-refractivity contribution in [3.63, 3.8) is 0 Å². The van der Waals surface area contributed by atoms with Crippen LogP contribution < -0.4 is 19.1 Å². The molecule has 0 atom stereocenters. The fourth-order valence-electron chi connectivity index (χ4n) is 6.06. The monoisotopic (exact) mass is 719 g/mol. The van der Waals surface area contributed by atoms with Gasteiger partial charge in [0.2, 0.25) is 0 Å². The normalized spacial score (nSPS) is 13.1. The average Bonchev–Trinajstić information content (AvgIpc) is 3.38. The Kier molecular flexibility index (Phi) is 12.1. The van der Waals surface area contributed by atoms with E-state index in [1.54, 1.807) is 0 Å². The van der Waals surface area contributed by atoms with E-state index in [0.717, 1.165) is 30.9 Å². The predicted molar refractivity (Wildman–Crippen MR) is 185 cm³/mol. The summed E-state index contributed by atoms with van der Waals surface area (Å²) in [6.07, 6.45) is 4.21. The Balaban J connectivity index is 0.000000202. The van der Waals surface area contributed by atoms with Gasteiger partial charge in [-0.2, -0.15) is 6.67 Å². The Morgan fingerprint density at radius 1 is 0.795 bits per heavy atom. The van der Waals surface area contributed by atoms with Crippen molar-refractivity contribution in [2.75, 3.05) is 22.9 Å². The number of anilines is 2. The van der Waals surface area contributed by atoms with E-state index in [0.29, 0.717) is 0 Å². The number of hydrogen-bond donors (Lipinski definition) is 0. The van der Waals surface area contributed by atoms with Crippen LogP contribution in [0, 0.1) is 48.2 Å². The maximum Gasteiger partial charge on any atom is 0.0146 e. The van der Waals surface area contributed by atoms with E-state index in [9.17, 15) is 0 Å². The van der Waals surface area contributed by atoms with Gasteiger partial charge < -0.3 is 9.80 Å². The van der Waals surface area contributed by atoms with E-state index in [1.807, 2.05) is 55.1 Å². The van der Waals surface area contributed by atoms with Crippen LogP contribution in [0.4, 0.5) is 11.4 Å². The molecule has 0 aliphatic carbocycles. The number of nitrogens with zero attached hydrogens (tertiary/aromatic N) is 3. The van der Waals surface area contributed by atoms with Crippen LogP contribution in [0.5, 0.6) is 5.75 Å². The second-order valence-corrected chi connectivity index (χ2v) is 17.6. The minimum Gasteiger partial charge on any atom is -0.502 e. The van der Waals surface area contributed by atoms with Crippen LogP contribution in [0.25, 0.3) is 0 Å². The van der Waals surface area contributed by atoms with Crippen LogP contribution in [0.1, 0.15) is 58.4 Å². The Labute approximate surface area is 277 Å². The predicted octanol–water partition coefficient (Wildman–Crippen LogP) is 8.87. The molecule has 0 amide bonds. The van der Waals surface area contributed by atoms with E-state index >= 15 is 0 Å². The zero-order valence-corrected chi connectivity index (χ0v) is 30.4. The Hall–Kier alpha value is -2.72. The van der Waals surface area contributed by atoms with Gasteiger partial charge in [0, 0.05) is 24.5 Å². The van der Waals surface area contributed by atoms with Gasteiger partial charge in [-0.3, -0.25) is 0 Å². The molecule has 0 unspecified atom stereocenters. The van der Waals surface area contributed by atoms with Crippen molar-refractivity contribution in [1.82, 2.24) is 0 Å². The van der Waals surface area contributed by atoms with Gasteiger partial charge in [0.05, 0.1) is 0 Å². The summed E-state index contributed by atoms with van der Waals surface area (Å²) in [7, 11) is 12.1. The molecule has 3 aromatic carbocycles. The molecule has 1 fully saturated rings. The van der Waals surface area contributed by atoms with Crippen molar-refractivity contribution in [3.05, 3.63) is 124 Å². The van der Waals surface area contributed by atoms with Crippen LogP contribution in [0.15, 0.2) is 73.1 Å². The second-order valence-electron chi connectivity index (χ2n) is 11.9. The smallest absolute Gasteiger partial charge is 0.0146 e. The Morgan fingerprint density at radius 2 is 1.30 bits per heavy atom. The number of benzene rings is 3. The van der Waals surface area contributed by atoms with Crippen LogP contribution in [-0.2, 0) is 20.1 Å². The zero-order chi connectivity index (χ0) is 32.0. The van der Waals surface area contributed by atoms with Crippen molar-refractivity contribution < 1.29 is 22.8 Å². The number of hydrogen-bond acceptors (Lipinski definition) is 3. The molecule has 0 spiro atoms. The fourth-order valence-corrected chi connectivity index (χ4v) is 7.84. The van der Waals surface area contributed by atoms with Crippen molar-refractivity contribution in [3.8, 4) is 5.75 Å². The van der Waals surface area contributed by atoms with Crippen LogP contribution in [0.2, 0.25) is 0 Å². The fraction of sp³-hybridized carbons (Fsp3) is 0.324. The number of aryl methyl sites for hydroxylation is 6. The van der Waals surface area contributed by atoms with Crippen LogP contribution >= 0.6 is 19.4 Å². The topological polar surface area (TPSA) is 19.6 Å². The van der Waals surface area contributed by atoms with Crippen molar-refractivity contribution in [2.45, 2.75) is 68.0 Å². The number of ether oxygens (including phenoxy) is 1. The van der Waals surface area contributed by atoms with Crippen LogP contribution in [0.3, 0.4) is 0 Å². The van der Waals surface area contributed by atoms with E-state index in [2.05, 4.69) is 99.0 Å². The van der Waals surface area contributed by atoms with Gasteiger partial charge in [-0.15, -0.1) is 0 Å². The summed E-state index contributed by atoms with van der Waals surface area (Å²) < 4.78 is 9.88. The van der Waals surface area contributed by atoms with Gasteiger partial charge in [-0.05, 0) is 63.8 Å². The van der Waals surface area contributed by atoms with Crippen molar-refractivity contribution in [2.24, 2.45) is 0 Å². The zero-order valence-electron chi connectivity index (χ0n) is 27.1. The molecular formula is C37H45Cl2N3ORu. The Morgan fingerprint density at radius 3 is 1.75 bits per heavy atom. The van der Waals surface area contributed by atoms with Gasteiger partial charge in [0.15, 0.2) is 0 Å². The maximum absolute atomic E-state index is 6.03. The van der Waals surface area contributed by atoms with E-state index in [-0.39, 0.29) is 6.10 Å². The molecule has 7 heteroatoms. The molecule has 44 heavy (non-hydrogen) atoms. The van der Waals surface area contributed by atoms with Gasteiger partial charge in [-0.25, -0.2) is 0 Å². The number of pyridine rings is 1. The first kappa shape index (κ1) is 34.2. The molecule has 1 aromatic heterocycles. The quantitative estimate of drug-likeness (QED) is 0.108. The average molecular weight is 720 g/mol. The molecule has 1 aliphatic rings. The Bertz CT molecular complexity index is 1510. The van der Waals surface area contributed by atoms with Crippen molar-refractivity contribution in [1.29, 1.82) is 0 Å². The van der Waals surface area contributed by atoms with Gasteiger partial charge in [-0.1, -0.05) is 35.4 Å². The maximum atomic E-state index is 6.03. The third kappa shape index (κ3) is 9.16. The van der Waals surface area contributed by atoms with Crippen LogP contribution in [-0.4, -0.2) is 23.8 Å². The molecule has 1 aliphatic heterocycles. The standard InChI is InChI=1S/C21H27N2.C16H18NO.2ClH.Ru/c1-14-9-16(3)20(17(4)10-14)22-7-8-23(13-22)21-18(5)11-15(2)12-19(21)6;1-13(2)18-16-8-7-15(11-14(16)3)12-17-9-5-4-6-10-17;;;/h9-13H,7-8H2,1-6H3;3-11,13H,12H2,1-2H3;2*1H;/q-1;+1;;;+2/p-2. The molecule has 0 saturated carbocycles. The first-order chi connectivity index (χ1) is 20.9. The molecule has 0 bridgehead atoms. The summed E-state index contributed by atoms with van der Waals surface area (Å²) in [5.41, 5.74) is 13.0. The summed E-state index contributed by atoms with van der Waals surface area (Å²) in [4.78, 5) is 4.81. The number of rotatable bonds is 7. The summed E-state index contributed by atoms with van der Waals surface area (Å²) in [6.45, 7) is 22.4.